The highest BCUT2D eigenvalue weighted by Gasteiger charge is 2.50. The molecule has 0 bridgehead atoms. The van der Waals surface area contributed by atoms with Crippen LogP contribution >= 0.6 is 0 Å². The van der Waals surface area contributed by atoms with E-state index in [0.717, 1.165) is 78.8 Å². The maximum Gasteiger partial charge on any atom is 0.252 e. The number of rotatable bonds is 6. The fourth-order valence-electron chi connectivity index (χ4n) is 16.1. The SMILES string of the molecule is [2H]C([2H])([2H])c1cc2c3c(c1)N(c1ccc(C(C)(C)C)cc1-c1ccccc1)c1cc4c(cc1B3c1ccc(N(c3ccc(C(C)(C)C)cc3)c3ccc(C(C)(C)C)cc3)cc1N2c1cc2c(cc1C)C(C)(C)c1ccccc1C2(C)C)C(C)(C)c1ccccc1C4(C)C. The molecule has 10 aromatic carbocycles. The van der Waals surface area contributed by atoms with Gasteiger partial charge in [0, 0.05) is 76.8 Å². The Hall–Kier alpha value is -8.34. The van der Waals surface area contributed by atoms with Gasteiger partial charge >= 0.3 is 0 Å². The molecule has 0 saturated heterocycles. The zero-order valence-corrected chi connectivity index (χ0v) is 56.5. The van der Waals surface area contributed by atoms with Crippen LogP contribution in [-0.2, 0) is 37.9 Å². The van der Waals surface area contributed by atoms with Crippen LogP contribution in [0.4, 0.5) is 51.2 Å². The molecule has 10 aromatic rings. The van der Waals surface area contributed by atoms with Crippen LogP contribution in [0.15, 0.2) is 200 Å². The third-order valence-corrected chi connectivity index (χ3v) is 21.4. The highest BCUT2D eigenvalue weighted by atomic mass is 15.2. The third kappa shape index (κ3) is 9.03. The van der Waals surface area contributed by atoms with Gasteiger partial charge in [0.15, 0.2) is 0 Å². The van der Waals surface area contributed by atoms with Crippen LogP contribution in [0.3, 0.4) is 0 Å². The lowest BCUT2D eigenvalue weighted by atomic mass is 9.33. The lowest BCUT2D eigenvalue weighted by molar-refractivity contribution is 0.520. The fourth-order valence-corrected chi connectivity index (χ4v) is 16.1. The molecule has 0 N–H and O–H groups in total. The van der Waals surface area contributed by atoms with E-state index in [1.165, 1.54) is 66.7 Å². The second kappa shape index (κ2) is 20.1. The predicted molar refractivity (Wildman–Crippen MR) is 388 cm³/mol. The molecule has 0 radical (unpaired) electrons. The lowest BCUT2D eigenvalue weighted by Gasteiger charge is -2.49. The summed E-state index contributed by atoms with van der Waals surface area (Å²) in [5.41, 5.74) is 28.5. The standard InChI is InChI=1S/C86H90BN3/c1-53-45-77-79-78(46-53)90(74-51-69-67(47-54(74)2)83(12,13)63-29-23-25-31-65(63)85(69,16)17)75-49-61(88(59-38-33-56(34-39-59)80(3,4)5)60-40-35-57(36-41-60)81(6,7)8)42-43-71(75)87(79)72-50-68-70(86(18,19)66-32-26-24-30-64(66)84(68,14)15)52-76(72)89(77)73-44-37-58(82(9,10)11)48-62(73)55-27-21-20-22-28-55/h20-52H,1-19H3/i1D3. The first-order chi connectivity index (χ1) is 43.6. The van der Waals surface area contributed by atoms with Crippen LogP contribution in [0.2, 0.25) is 0 Å². The van der Waals surface area contributed by atoms with Crippen molar-refractivity contribution in [3.63, 3.8) is 0 Å². The summed E-state index contributed by atoms with van der Waals surface area (Å²) in [6, 6.07) is 75.4. The molecule has 0 spiro atoms. The highest BCUT2D eigenvalue weighted by Crippen LogP contribution is 2.57. The van der Waals surface area contributed by atoms with Crippen molar-refractivity contribution in [1.82, 2.24) is 0 Å². The average Bonchev–Trinajstić information content (AvgIpc) is 0.687. The molecule has 0 unspecified atom stereocenters. The molecule has 4 aliphatic rings. The quantitative estimate of drug-likeness (QED) is 0.154. The zero-order chi connectivity index (χ0) is 66.2. The lowest BCUT2D eigenvalue weighted by Crippen LogP contribution is -2.62. The van der Waals surface area contributed by atoms with Crippen LogP contribution in [-0.4, -0.2) is 6.71 Å². The predicted octanol–water partition coefficient (Wildman–Crippen LogP) is 21.3. The Labute approximate surface area is 543 Å². The van der Waals surface area contributed by atoms with Gasteiger partial charge in [0.2, 0.25) is 0 Å². The summed E-state index contributed by atoms with van der Waals surface area (Å²) < 4.78 is 28.9. The summed E-state index contributed by atoms with van der Waals surface area (Å²) in [5, 5.41) is 0. The molecule has 4 heteroatoms. The number of anilines is 9. The first-order valence-corrected chi connectivity index (χ1v) is 32.8. The minimum Gasteiger partial charge on any atom is -0.311 e. The van der Waals surface area contributed by atoms with Gasteiger partial charge in [-0.05, 0) is 197 Å². The molecule has 0 fully saturated rings. The van der Waals surface area contributed by atoms with Gasteiger partial charge in [-0.2, -0.15) is 0 Å². The van der Waals surface area contributed by atoms with Crippen molar-refractivity contribution in [3.8, 4) is 11.1 Å². The Morgan fingerprint density at radius 1 is 0.356 bits per heavy atom. The maximum atomic E-state index is 9.63. The van der Waals surface area contributed by atoms with Crippen molar-refractivity contribution in [2.45, 2.75) is 169 Å². The largest absolute Gasteiger partial charge is 0.311 e. The summed E-state index contributed by atoms with van der Waals surface area (Å²) >= 11 is 0. The van der Waals surface area contributed by atoms with E-state index >= 15 is 0 Å². The topological polar surface area (TPSA) is 9.72 Å². The van der Waals surface area contributed by atoms with Crippen LogP contribution in [0, 0.1) is 13.8 Å². The molecule has 90 heavy (non-hydrogen) atoms. The van der Waals surface area contributed by atoms with Crippen molar-refractivity contribution in [1.29, 1.82) is 0 Å². The van der Waals surface area contributed by atoms with E-state index in [-0.39, 0.29) is 44.6 Å². The Morgan fingerprint density at radius 3 is 1.24 bits per heavy atom. The van der Waals surface area contributed by atoms with E-state index in [1.807, 2.05) is 12.1 Å². The average molecular weight is 1180 g/mol. The molecule has 0 atom stereocenters. The Morgan fingerprint density at radius 2 is 0.767 bits per heavy atom. The molecular weight excluding hydrogens is 1090 g/mol. The van der Waals surface area contributed by atoms with Crippen molar-refractivity contribution >= 4 is 74.3 Å². The van der Waals surface area contributed by atoms with Gasteiger partial charge in [-0.25, -0.2) is 0 Å². The number of hydrogen-bond acceptors (Lipinski definition) is 3. The van der Waals surface area contributed by atoms with Gasteiger partial charge in [0.1, 0.15) is 0 Å². The summed E-state index contributed by atoms with van der Waals surface area (Å²) in [7, 11) is 0. The summed E-state index contributed by atoms with van der Waals surface area (Å²) in [6.07, 6.45) is 0. The Kier molecular flexibility index (Phi) is 12.4. The zero-order valence-electron chi connectivity index (χ0n) is 59.5. The van der Waals surface area contributed by atoms with Gasteiger partial charge < -0.3 is 14.7 Å². The molecule has 2 aliphatic heterocycles. The summed E-state index contributed by atoms with van der Waals surface area (Å²) in [6.45, 7) is 39.1. The normalized spacial score (nSPS) is 16.9. The van der Waals surface area contributed by atoms with E-state index in [2.05, 4.69) is 327 Å². The maximum absolute atomic E-state index is 9.63. The number of nitrogens with zero attached hydrogens (tertiary/aromatic N) is 3. The second-order valence-corrected chi connectivity index (χ2v) is 31.8. The number of hydrogen-bond donors (Lipinski definition) is 0. The third-order valence-electron chi connectivity index (χ3n) is 21.4. The number of benzene rings is 10. The minimum atomic E-state index is -2.49. The van der Waals surface area contributed by atoms with E-state index < -0.39 is 6.85 Å². The number of fused-ring (bicyclic) bond motifs is 8. The van der Waals surface area contributed by atoms with Gasteiger partial charge in [0.25, 0.3) is 6.71 Å². The second-order valence-electron chi connectivity index (χ2n) is 31.8. The molecule has 0 amide bonds. The molecule has 0 aromatic heterocycles. The van der Waals surface area contributed by atoms with E-state index in [4.69, 9.17) is 0 Å². The van der Waals surface area contributed by atoms with E-state index in [0.29, 0.717) is 5.56 Å². The fraction of sp³-hybridized carbons (Fsp3) is 0.302. The first-order valence-electron chi connectivity index (χ1n) is 34.3. The van der Waals surface area contributed by atoms with Gasteiger partial charge in [-0.15, -0.1) is 0 Å². The number of aryl methyl sites for hydroxylation is 2. The summed E-state index contributed by atoms with van der Waals surface area (Å²) in [5.74, 6) is 0. The van der Waals surface area contributed by atoms with Crippen LogP contribution in [0.1, 0.15) is 194 Å². The molecule has 3 nitrogen and oxygen atoms in total. The molecule has 2 heterocycles. The van der Waals surface area contributed by atoms with Gasteiger partial charge in [-0.1, -0.05) is 245 Å². The minimum absolute atomic E-state index is 0.0408. The van der Waals surface area contributed by atoms with Crippen molar-refractivity contribution < 1.29 is 4.11 Å². The van der Waals surface area contributed by atoms with Crippen LogP contribution < -0.4 is 31.1 Å². The Bertz CT molecular complexity index is 4620. The smallest absolute Gasteiger partial charge is 0.252 e. The van der Waals surface area contributed by atoms with Crippen LogP contribution in [0.25, 0.3) is 11.1 Å². The molecule has 14 rings (SSSR count). The first kappa shape index (κ1) is 55.7. The monoisotopic (exact) mass is 1180 g/mol. The summed E-state index contributed by atoms with van der Waals surface area (Å²) in [4.78, 5) is 7.38. The van der Waals surface area contributed by atoms with E-state index in [1.54, 1.807) is 0 Å². The van der Waals surface area contributed by atoms with Crippen molar-refractivity contribution in [2.24, 2.45) is 0 Å². The van der Waals surface area contributed by atoms with Gasteiger partial charge in [-0.3, -0.25) is 0 Å². The molecule has 0 saturated carbocycles. The highest BCUT2D eigenvalue weighted by molar-refractivity contribution is 7.00. The van der Waals surface area contributed by atoms with Crippen molar-refractivity contribution in [3.05, 3.63) is 273 Å². The molecular formula is C86H90BN3. The van der Waals surface area contributed by atoms with Crippen LogP contribution in [0.5, 0.6) is 0 Å². The van der Waals surface area contributed by atoms with Gasteiger partial charge in [0.05, 0.1) is 5.69 Å². The molecule has 452 valence electrons. The van der Waals surface area contributed by atoms with Crippen molar-refractivity contribution in [2.75, 3.05) is 14.7 Å². The Balaban J connectivity index is 1.13. The van der Waals surface area contributed by atoms with E-state index in [9.17, 15) is 4.11 Å². The molecule has 2 aliphatic carbocycles.